The largest absolute Gasteiger partial charge is 0.399 e. The molecule has 3 N–H and O–H groups in total. The van der Waals surface area contributed by atoms with Gasteiger partial charge in [0.15, 0.2) is 0 Å². The van der Waals surface area contributed by atoms with Crippen LogP contribution in [-0.4, -0.2) is 5.91 Å². The van der Waals surface area contributed by atoms with E-state index in [-0.39, 0.29) is 17.3 Å². The third-order valence-corrected chi connectivity index (χ3v) is 3.21. The number of nitrogen functional groups attached to an aromatic ring is 1. The lowest BCUT2D eigenvalue weighted by atomic mass is 10.1. The zero-order valence-electron chi connectivity index (χ0n) is 10.9. The molecule has 0 heterocycles. The maximum atomic E-state index is 13.6. The van der Waals surface area contributed by atoms with E-state index in [1.54, 1.807) is 12.1 Å². The van der Waals surface area contributed by atoms with Gasteiger partial charge in [0.1, 0.15) is 5.82 Å². The van der Waals surface area contributed by atoms with Crippen LogP contribution in [0.3, 0.4) is 0 Å². The van der Waals surface area contributed by atoms with Crippen molar-refractivity contribution in [2.24, 2.45) is 0 Å². The summed E-state index contributed by atoms with van der Waals surface area (Å²) >= 11 is 5.80. The number of hydrogen-bond acceptors (Lipinski definition) is 2. The molecule has 0 bridgehead atoms. The average Bonchev–Trinajstić information content (AvgIpc) is 2.39. The molecule has 1 unspecified atom stereocenters. The summed E-state index contributed by atoms with van der Waals surface area (Å²) in [5, 5.41) is 3.35. The molecule has 20 heavy (non-hydrogen) atoms. The molecule has 0 fully saturated rings. The van der Waals surface area contributed by atoms with E-state index in [1.807, 2.05) is 19.1 Å². The molecule has 1 amide bonds. The molecule has 1 atom stereocenters. The minimum atomic E-state index is -0.634. The van der Waals surface area contributed by atoms with Crippen LogP contribution < -0.4 is 11.1 Å². The lowest BCUT2D eigenvalue weighted by molar-refractivity contribution is 0.0936. The Bertz CT molecular complexity index is 628. The minimum absolute atomic E-state index is 0.0278. The summed E-state index contributed by atoms with van der Waals surface area (Å²) in [6.45, 7) is 1.82. The second-order valence-corrected chi connectivity index (χ2v) is 4.92. The van der Waals surface area contributed by atoms with Gasteiger partial charge in [0.2, 0.25) is 0 Å². The fourth-order valence-electron chi connectivity index (χ4n) is 1.82. The maximum absolute atomic E-state index is 13.6. The molecular formula is C15H14ClFN2O. The molecule has 0 aliphatic heterocycles. The fourth-order valence-corrected chi connectivity index (χ4v) is 1.95. The molecule has 5 heteroatoms. The number of anilines is 1. The van der Waals surface area contributed by atoms with E-state index in [1.165, 1.54) is 12.1 Å². The van der Waals surface area contributed by atoms with E-state index in [0.29, 0.717) is 5.02 Å². The van der Waals surface area contributed by atoms with Crippen LogP contribution in [0.25, 0.3) is 0 Å². The normalized spacial score (nSPS) is 11.9. The average molecular weight is 293 g/mol. The summed E-state index contributed by atoms with van der Waals surface area (Å²) in [6, 6.07) is 10.8. The molecule has 0 saturated heterocycles. The lowest BCUT2D eigenvalue weighted by Gasteiger charge is -2.15. The van der Waals surface area contributed by atoms with E-state index in [4.69, 9.17) is 17.3 Å². The Morgan fingerprint density at radius 1 is 1.25 bits per heavy atom. The molecule has 3 nitrogen and oxygen atoms in total. The Hall–Kier alpha value is -2.07. The Morgan fingerprint density at radius 2 is 1.90 bits per heavy atom. The molecule has 104 valence electrons. The van der Waals surface area contributed by atoms with Gasteiger partial charge >= 0.3 is 0 Å². The van der Waals surface area contributed by atoms with Gasteiger partial charge in [0.05, 0.1) is 11.6 Å². The number of nitrogens with two attached hydrogens (primary N) is 1. The highest BCUT2D eigenvalue weighted by atomic mass is 35.5. The van der Waals surface area contributed by atoms with Crippen molar-refractivity contribution in [1.82, 2.24) is 5.32 Å². The van der Waals surface area contributed by atoms with E-state index < -0.39 is 11.7 Å². The first-order chi connectivity index (χ1) is 9.47. The highest BCUT2D eigenvalue weighted by Crippen LogP contribution is 2.18. The maximum Gasteiger partial charge on any atom is 0.254 e. The van der Waals surface area contributed by atoms with E-state index in [2.05, 4.69) is 5.32 Å². The molecule has 2 aromatic carbocycles. The first-order valence-electron chi connectivity index (χ1n) is 6.08. The minimum Gasteiger partial charge on any atom is -0.399 e. The Labute approximate surface area is 121 Å². The number of rotatable bonds is 3. The second-order valence-electron chi connectivity index (χ2n) is 4.49. The summed E-state index contributed by atoms with van der Waals surface area (Å²) in [7, 11) is 0. The van der Waals surface area contributed by atoms with Gasteiger partial charge in [-0.05, 0) is 42.8 Å². The predicted octanol–water partition coefficient (Wildman–Crippen LogP) is 3.55. The van der Waals surface area contributed by atoms with E-state index in [9.17, 15) is 9.18 Å². The van der Waals surface area contributed by atoms with Gasteiger partial charge < -0.3 is 11.1 Å². The molecule has 0 saturated carbocycles. The first-order valence-corrected chi connectivity index (χ1v) is 6.46. The predicted molar refractivity (Wildman–Crippen MR) is 78.1 cm³/mol. The topological polar surface area (TPSA) is 55.1 Å². The SMILES string of the molecule is CC(NC(=O)c1ccc(N)cc1F)c1ccc(Cl)cc1. The summed E-state index contributed by atoms with van der Waals surface area (Å²) < 4.78 is 13.6. The van der Waals surface area contributed by atoms with Gasteiger partial charge in [0.25, 0.3) is 5.91 Å². The number of hydrogen-bond donors (Lipinski definition) is 2. The number of nitrogens with one attached hydrogen (secondary N) is 1. The standard InChI is InChI=1S/C15H14ClFN2O/c1-9(10-2-4-11(16)5-3-10)19-15(20)13-7-6-12(18)8-14(13)17/h2-9H,18H2,1H3,(H,19,20). The third kappa shape index (κ3) is 3.27. The smallest absolute Gasteiger partial charge is 0.254 e. The van der Waals surface area contributed by atoms with Crippen molar-refractivity contribution in [1.29, 1.82) is 0 Å². The molecule has 0 spiro atoms. The number of amides is 1. The van der Waals surface area contributed by atoms with Gasteiger partial charge in [-0.2, -0.15) is 0 Å². The molecule has 2 aromatic rings. The zero-order valence-corrected chi connectivity index (χ0v) is 11.6. The summed E-state index contributed by atoms with van der Waals surface area (Å²) in [5.41, 5.74) is 6.59. The van der Waals surface area contributed by atoms with Gasteiger partial charge in [-0.1, -0.05) is 23.7 Å². The number of carbonyl (C=O) groups excluding carboxylic acids is 1. The number of halogens is 2. The lowest BCUT2D eigenvalue weighted by Crippen LogP contribution is -2.27. The van der Waals surface area contributed by atoms with E-state index in [0.717, 1.165) is 11.6 Å². The van der Waals surface area contributed by atoms with E-state index >= 15 is 0 Å². The molecule has 0 aromatic heterocycles. The van der Waals surface area contributed by atoms with Crippen molar-refractivity contribution in [2.45, 2.75) is 13.0 Å². The van der Waals surface area contributed by atoms with Crippen LogP contribution in [0.5, 0.6) is 0 Å². The highest BCUT2D eigenvalue weighted by molar-refractivity contribution is 6.30. The first kappa shape index (κ1) is 14.3. The van der Waals surface area contributed by atoms with Crippen molar-refractivity contribution in [3.8, 4) is 0 Å². The zero-order chi connectivity index (χ0) is 14.7. The monoisotopic (exact) mass is 292 g/mol. The van der Waals surface area contributed by atoms with Crippen LogP contribution in [-0.2, 0) is 0 Å². The van der Waals surface area contributed by atoms with Crippen molar-refractivity contribution in [3.05, 3.63) is 64.4 Å². The van der Waals surface area contributed by atoms with Gasteiger partial charge in [-0.25, -0.2) is 4.39 Å². The summed E-state index contributed by atoms with van der Waals surface area (Å²) in [4.78, 5) is 12.0. The number of carbonyl (C=O) groups is 1. The van der Waals surface area contributed by atoms with Crippen LogP contribution in [0.1, 0.15) is 28.9 Å². The van der Waals surface area contributed by atoms with Crippen molar-refractivity contribution in [2.75, 3.05) is 5.73 Å². The molecule has 0 radical (unpaired) electrons. The summed E-state index contributed by atoms with van der Waals surface area (Å²) in [6.07, 6.45) is 0. The van der Waals surface area contributed by atoms with Crippen molar-refractivity contribution < 1.29 is 9.18 Å². The van der Waals surface area contributed by atoms with Gasteiger partial charge in [-0.15, -0.1) is 0 Å². The summed E-state index contributed by atoms with van der Waals surface area (Å²) in [5.74, 6) is -1.12. The van der Waals surface area contributed by atoms with Crippen molar-refractivity contribution >= 4 is 23.2 Å². The van der Waals surface area contributed by atoms with Gasteiger partial charge in [-0.3, -0.25) is 4.79 Å². The van der Waals surface area contributed by atoms with Gasteiger partial charge in [0, 0.05) is 10.7 Å². The quantitative estimate of drug-likeness (QED) is 0.850. The van der Waals surface area contributed by atoms with Crippen LogP contribution in [0.4, 0.5) is 10.1 Å². The highest BCUT2D eigenvalue weighted by Gasteiger charge is 2.15. The van der Waals surface area contributed by atoms with Crippen LogP contribution in [0.2, 0.25) is 5.02 Å². The Morgan fingerprint density at radius 3 is 2.50 bits per heavy atom. The molecule has 2 rings (SSSR count). The molecule has 0 aliphatic rings. The van der Waals surface area contributed by atoms with Crippen LogP contribution in [0, 0.1) is 5.82 Å². The number of benzene rings is 2. The van der Waals surface area contributed by atoms with Crippen molar-refractivity contribution in [3.63, 3.8) is 0 Å². The Kier molecular flexibility index (Phi) is 4.25. The Balaban J connectivity index is 2.13. The fraction of sp³-hybridized carbons (Fsp3) is 0.133. The van der Waals surface area contributed by atoms with Crippen LogP contribution >= 0.6 is 11.6 Å². The molecule has 0 aliphatic carbocycles. The van der Waals surface area contributed by atoms with Crippen LogP contribution in [0.15, 0.2) is 42.5 Å². The second kappa shape index (κ2) is 5.92. The third-order valence-electron chi connectivity index (χ3n) is 2.96. The molecular weight excluding hydrogens is 279 g/mol.